The van der Waals surface area contributed by atoms with E-state index in [2.05, 4.69) is 19.5 Å². The van der Waals surface area contributed by atoms with Gasteiger partial charge in [0.25, 0.3) is 0 Å². The summed E-state index contributed by atoms with van der Waals surface area (Å²) in [6.45, 7) is -0.744. The van der Waals surface area contributed by atoms with Gasteiger partial charge in [-0.05, 0) is 0 Å². The van der Waals surface area contributed by atoms with Crippen LogP contribution in [0.4, 0.5) is 0 Å². The second-order valence-corrected chi connectivity index (χ2v) is 5.96. The minimum Gasteiger partial charge on any atom is -0.790 e. The molecule has 3 N–H and O–H groups in total. The van der Waals surface area contributed by atoms with Crippen molar-refractivity contribution in [3.63, 3.8) is 0 Å². The summed E-state index contributed by atoms with van der Waals surface area (Å²) >= 11 is 0. The smallest absolute Gasteiger partial charge is 0.790 e. The normalized spacial score (nSPS) is 27.3. The van der Waals surface area contributed by atoms with E-state index >= 15 is 0 Å². The molecular formula is C10H11BaN4O8P. The fourth-order valence-electron chi connectivity index (χ4n) is 2.29. The molecule has 4 atom stereocenters. The number of aromatic hydroxyl groups is 1. The third-order valence-electron chi connectivity index (χ3n) is 3.35. The molecule has 3 rings (SSSR count). The molecular weight excluding hydrogens is 472 g/mol. The van der Waals surface area contributed by atoms with Crippen LogP contribution in [0.3, 0.4) is 0 Å². The molecule has 0 aromatic carbocycles. The van der Waals surface area contributed by atoms with Crippen LogP contribution in [-0.4, -0.2) is 109 Å². The average molecular weight is 484 g/mol. The standard InChI is InChI=1S/C10H13N4O8P.Ba/c15-6-4(1-21-23(18,19)20)22-10(7(6)16)14-3-13-5-8(14)11-2-12-9(5)17;/h2-4,6-7,10,15-16H,1H2,(H,11,12,17)(H2,18,19,20);/q;+2/p-2/t4-,6-,7-,10-;/m1./s1. The Morgan fingerprint density at radius 3 is 2.67 bits per heavy atom. The first kappa shape index (κ1) is 20.2. The van der Waals surface area contributed by atoms with Gasteiger partial charge in [-0.1, -0.05) is 0 Å². The van der Waals surface area contributed by atoms with Crippen molar-refractivity contribution in [1.29, 1.82) is 0 Å². The molecule has 0 unspecified atom stereocenters. The van der Waals surface area contributed by atoms with Crippen molar-refractivity contribution in [2.24, 2.45) is 0 Å². The summed E-state index contributed by atoms with van der Waals surface area (Å²) in [6.07, 6.45) is -3.11. The van der Waals surface area contributed by atoms with E-state index < -0.39 is 39.0 Å². The van der Waals surface area contributed by atoms with Gasteiger partial charge < -0.3 is 38.9 Å². The second kappa shape index (κ2) is 7.65. The number of aromatic nitrogens is 4. The SMILES string of the molecule is O=P([O-])([O-])OC[C@H]1O[C@@H](n2cnc3c(O)ncnc32)[C@H](O)[C@@H]1O.[Ba+2]. The van der Waals surface area contributed by atoms with Gasteiger partial charge in [0.1, 0.15) is 24.6 Å². The zero-order valence-corrected chi connectivity index (χ0v) is 17.3. The molecule has 2 aromatic rings. The van der Waals surface area contributed by atoms with E-state index in [4.69, 9.17) is 4.74 Å². The third kappa shape index (κ3) is 4.01. The number of rotatable bonds is 4. The van der Waals surface area contributed by atoms with Crippen LogP contribution in [0.2, 0.25) is 0 Å². The molecule has 3 heterocycles. The molecule has 0 spiro atoms. The van der Waals surface area contributed by atoms with Crippen molar-refractivity contribution in [1.82, 2.24) is 19.5 Å². The molecule has 1 aliphatic rings. The molecule has 12 nitrogen and oxygen atoms in total. The molecule has 0 amide bonds. The van der Waals surface area contributed by atoms with Gasteiger partial charge in [-0.2, -0.15) is 4.98 Å². The Kier molecular flexibility index (Phi) is 6.45. The van der Waals surface area contributed by atoms with E-state index in [0.717, 1.165) is 6.33 Å². The summed E-state index contributed by atoms with van der Waals surface area (Å²) in [7, 11) is -5.24. The van der Waals surface area contributed by atoms with Crippen molar-refractivity contribution in [3.05, 3.63) is 12.7 Å². The number of phosphoric ester groups is 1. The first-order valence-electron chi connectivity index (χ1n) is 6.32. The van der Waals surface area contributed by atoms with E-state index in [1.54, 1.807) is 0 Å². The molecule has 14 heteroatoms. The fourth-order valence-corrected chi connectivity index (χ4v) is 2.62. The summed E-state index contributed by atoms with van der Waals surface area (Å²) in [6, 6.07) is 0. The first-order chi connectivity index (χ1) is 10.8. The van der Waals surface area contributed by atoms with Crippen LogP contribution in [0.1, 0.15) is 6.23 Å². The van der Waals surface area contributed by atoms with Crippen molar-refractivity contribution in [2.75, 3.05) is 6.61 Å². The Bertz CT molecular complexity index is 768. The molecule has 1 fully saturated rings. The van der Waals surface area contributed by atoms with E-state index in [-0.39, 0.29) is 65.9 Å². The fraction of sp³-hybridized carbons (Fsp3) is 0.500. The number of fused-ring (bicyclic) bond motifs is 1. The van der Waals surface area contributed by atoms with Crippen LogP contribution in [0.15, 0.2) is 12.7 Å². The number of aliphatic hydroxyl groups is 2. The van der Waals surface area contributed by atoms with E-state index in [1.807, 2.05) is 0 Å². The molecule has 1 aliphatic heterocycles. The van der Waals surface area contributed by atoms with Crippen LogP contribution in [0, 0.1) is 0 Å². The monoisotopic (exact) mass is 484 g/mol. The zero-order valence-electron chi connectivity index (χ0n) is 12.0. The van der Waals surface area contributed by atoms with Gasteiger partial charge >= 0.3 is 48.9 Å². The maximum atomic E-state index is 10.5. The van der Waals surface area contributed by atoms with Crippen molar-refractivity contribution >= 4 is 67.9 Å². The Morgan fingerprint density at radius 2 is 2.00 bits per heavy atom. The molecule has 1 saturated heterocycles. The van der Waals surface area contributed by atoms with Crippen molar-refractivity contribution in [3.8, 4) is 5.88 Å². The molecule has 0 saturated carbocycles. The molecule has 24 heavy (non-hydrogen) atoms. The van der Waals surface area contributed by atoms with Crippen LogP contribution < -0.4 is 9.79 Å². The van der Waals surface area contributed by atoms with Gasteiger partial charge in [0.2, 0.25) is 5.88 Å². The van der Waals surface area contributed by atoms with Crippen molar-refractivity contribution in [2.45, 2.75) is 24.5 Å². The molecule has 2 aromatic heterocycles. The predicted molar refractivity (Wildman–Crippen MR) is 72.2 cm³/mol. The summed E-state index contributed by atoms with van der Waals surface area (Å²) in [5.41, 5.74) is 0.190. The van der Waals surface area contributed by atoms with E-state index in [0.29, 0.717) is 0 Å². The maximum absolute atomic E-state index is 10.5. The number of phosphoric acid groups is 1. The Balaban J connectivity index is 0.00000208. The number of hydrogen-bond acceptors (Lipinski definition) is 11. The van der Waals surface area contributed by atoms with Crippen LogP contribution in [0.25, 0.3) is 11.2 Å². The summed E-state index contributed by atoms with van der Waals surface area (Å²) in [5.74, 6) is -0.375. The summed E-state index contributed by atoms with van der Waals surface area (Å²) < 4.78 is 21.1. The zero-order chi connectivity index (χ0) is 16.8. The average Bonchev–Trinajstić information content (AvgIpc) is 3.01. The van der Waals surface area contributed by atoms with Gasteiger partial charge in [-0.25, -0.2) is 9.97 Å². The Labute approximate surface area is 174 Å². The maximum Gasteiger partial charge on any atom is 2.00 e. The number of ether oxygens (including phenoxy) is 1. The third-order valence-corrected chi connectivity index (χ3v) is 3.81. The van der Waals surface area contributed by atoms with Gasteiger partial charge in [-0.3, -0.25) is 4.57 Å². The first-order valence-corrected chi connectivity index (χ1v) is 7.78. The number of aliphatic hydroxyl groups excluding tert-OH is 2. The number of nitrogens with zero attached hydrogens (tertiary/aromatic N) is 4. The molecule has 0 radical (unpaired) electrons. The Morgan fingerprint density at radius 1 is 1.29 bits per heavy atom. The number of imidazole rings is 1. The topological polar surface area (TPSA) is 186 Å². The van der Waals surface area contributed by atoms with Gasteiger partial charge in [0.15, 0.2) is 17.4 Å². The summed E-state index contributed by atoms with van der Waals surface area (Å²) in [5, 5.41) is 29.5. The quantitative estimate of drug-likeness (QED) is 0.291. The van der Waals surface area contributed by atoms with Gasteiger partial charge in [0, 0.05) is 0 Å². The minimum atomic E-state index is -5.24. The van der Waals surface area contributed by atoms with Crippen LogP contribution >= 0.6 is 7.82 Å². The van der Waals surface area contributed by atoms with E-state index in [1.165, 1.54) is 10.9 Å². The van der Waals surface area contributed by atoms with Gasteiger partial charge in [-0.15, -0.1) is 0 Å². The van der Waals surface area contributed by atoms with E-state index in [9.17, 15) is 29.7 Å². The van der Waals surface area contributed by atoms with Crippen LogP contribution in [0.5, 0.6) is 5.88 Å². The predicted octanol–water partition coefficient (Wildman–Crippen LogP) is -3.38. The minimum absolute atomic E-state index is 0. The molecule has 126 valence electrons. The second-order valence-electron chi connectivity index (χ2n) is 4.81. The molecule has 0 aliphatic carbocycles. The van der Waals surface area contributed by atoms with Crippen molar-refractivity contribution < 1.29 is 38.9 Å². The summed E-state index contributed by atoms with van der Waals surface area (Å²) in [4.78, 5) is 32.3. The molecule has 0 bridgehead atoms. The van der Waals surface area contributed by atoms with Gasteiger partial charge in [0.05, 0.1) is 20.8 Å². The number of hydrogen-bond donors (Lipinski definition) is 3. The largest absolute Gasteiger partial charge is 2.00 e. The van der Waals surface area contributed by atoms with Crippen LogP contribution in [-0.2, 0) is 13.8 Å². The Hall–Kier alpha value is -0.0886.